The number of carbonyl (C=O) groups excluding carboxylic acids is 1. The van der Waals surface area contributed by atoms with Crippen molar-refractivity contribution in [3.05, 3.63) is 23.1 Å². The molecule has 0 saturated carbocycles. The summed E-state index contributed by atoms with van der Waals surface area (Å²) in [6.07, 6.45) is 3.39. The van der Waals surface area contributed by atoms with Crippen molar-refractivity contribution in [2.45, 2.75) is 12.8 Å². The molecule has 0 fully saturated rings. The molecule has 1 amide bonds. The van der Waals surface area contributed by atoms with Crippen molar-refractivity contribution in [3.63, 3.8) is 0 Å². The van der Waals surface area contributed by atoms with Crippen LogP contribution in [-0.2, 0) is 0 Å². The third-order valence-electron chi connectivity index (χ3n) is 1.71. The molecule has 0 aromatic carbocycles. The Labute approximate surface area is 95.9 Å². The smallest absolute Gasteiger partial charge is 0.256 e. The second kappa shape index (κ2) is 6.09. The van der Waals surface area contributed by atoms with Crippen molar-refractivity contribution in [1.29, 1.82) is 0 Å². The van der Waals surface area contributed by atoms with Gasteiger partial charge in [0.1, 0.15) is 0 Å². The van der Waals surface area contributed by atoms with Gasteiger partial charge in [0.2, 0.25) is 5.22 Å². The summed E-state index contributed by atoms with van der Waals surface area (Å²) in [5.74, 6) is -0.182. The molecule has 0 spiro atoms. The van der Waals surface area contributed by atoms with Crippen LogP contribution in [0.2, 0.25) is 5.22 Å². The molecule has 0 aliphatic carbocycles. The number of carbonyl (C=O) groups is 1. The van der Waals surface area contributed by atoms with Crippen LogP contribution >= 0.6 is 27.5 Å². The maximum Gasteiger partial charge on any atom is 0.256 e. The highest BCUT2D eigenvalue weighted by atomic mass is 79.9. The Hall–Kier alpha value is -0.480. The summed E-state index contributed by atoms with van der Waals surface area (Å²) in [6, 6.07) is 1.56. The first-order valence-corrected chi connectivity index (χ1v) is 5.83. The van der Waals surface area contributed by atoms with Crippen LogP contribution in [-0.4, -0.2) is 17.8 Å². The molecule has 3 nitrogen and oxygen atoms in total. The fourth-order valence-corrected chi connectivity index (χ4v) is 1.57. The SMILES string of the molecule is O=C(NCCCCBr)c1ccoc1Cl. The molecule has 0 radical (unpaired) electrons. The molecule has 1 aromatic heterocycles. The van der Waals surface area contributed by atoms with Crippen molar-refractivity contribution >= 4 is 33.4 Å². The van der Waals surface area contributed by atoms with Gasteiger partial charge in [0.05, 0.1) is 11.8 Å². The number of alkyl halides is 1. The van der Waals surface area contributed by atoms with Crippen molar-refractivity contribution in [2.24, 2.45) is 0 Å². The highest BCUT2D eigenvalue weighted by Crippen LogP contribution is 2.15. The molecule has 78 valence electrons. The molecule has 0 aliphatic rings. The van der Waals surface area contributed by atoms with Gasteiger partial charge in [-0.2, -0.15) is 0 Å². The Balaban J connectivity index is 2.32. The molecule has 5 heteroatoms. The van der Waals surface area contributed by atoms with E-state index in [0.29, 0.717) is 12.1 Å². The molecule has 0 unspecified atom stereocenters. The second-order valence-corrected chi connectivity index (χ2v) is 3.90. The number of amides is 1. The van der Waals surface area contributed by atoms with Crippen LogP contribution < -0.4 is 5.32 Å². The van der Waals surface area contributed by atoms with Gasteiger partial charge >= 0.3 is 0 Å². The Morgan fingerprint density at radius 2 is 2.36 bits per heavy atom. The predicted octanol–water partition coefficient (Wildman–Crippen LogP) is 2.84. The van der Waals surface area contributed by atoms with E-state index < -0.39 is 0 Å². The zero-order valence-electron chi connectivity index (χ0n) is 7.56. The zero-order valence-corrected chi connectivity index (χ0v) is 9.90. The van der Waals surface area contributed by atoms with E-state index in [1.54, 1.807) is 6.07 Å². The molecular weight excluding hydrogens is 269 g/mol. The first-order valence-electron chi connectivity index (χ1n) is 4.33. The van der Waals surface area contributed by atoms with Gasteiger partial charge in [-0.25, -0.2) is 0 Å². The first kappa shape index (κ1) is 11.6. The third kappa shape index (κ3) is 3.35. The Morgan fingerprint density at radius 3 is 2.93 bits per heavy atom. The van der Waals surface area contributed by atoms with Gasteiger partial charge in [-0.15, -0.1) is 0 Å². The molecule has 0 aliphatic heterocycles. The van der Waals surface area contributed by atoms with E-state index in [2.05, 4.69) is 21.2 Å². The van der Waals surface area contributed by atoms with Gasteiger partial charge in [0.15, 0.2) is 0 Å². The number of halogens is 2. The van der Waals surface area contributed by atoms with Crippen LogP contribution in [0, 0.1) is 0 Å². The van der Waals surface area contributed by atoms with E-state index in [1.165, 1.54) is 6.26 Å². The topological polar surface area (TPSA) is 42.2 Å². The van der Waals surface area contributed by atoms with Crippen LogP contribution in [0.5, 0.6) is 0 Å². The lowest BCUT2D eigenvalue weighted by Gasteiger charge is -2.01. The molecular formula is C9H11BrClNO2. The lowest BCUT2D eigenvalue weighted by atomic mass is 10.3. The minimum atomic E-state index is -0.182. The van der Waals surface area contributed by atoms with Gasteiger partial charge in [-0.05, 0) is 30.5 Å². The minimum Gasteiger partial charge on any atom is -0.452 e. The van der Waals surface area contributed by atoms with Crippen LogP contribution in [0.4, 0.5) is 0 Å². The standard InChI is InChI=1S/C9H11BrClNO2/c10-4-1-2-5-12-9(13)7-3-6-14-8(7)11/h3,6H,1-2,4-5H2,(H,12,13). The molecule has 0 saturated heterocycles. The van der Waals surface area contributed by atoms with E-state index in [4.69, 9.17) is 16.0 Å². The lowest BCUT2D eigenvalue weighted by molar-refractivity contribution is 0.0953. The van der Waals surface area contributed by atoms with Gasteiger partial charge in [0, 0.05) is 11.9 Å². The molecule has 1 rings (SSSR count). The maximum absolute atomic E-state index is 11.4. The van der Waals surface area contributed by atoms with Gasteiger partial charge < -0.3 is 9.73 Å². The normalized spacial score (nSPS) is 10.1. The molecule has 0 atom stereocenters. The number of unbranched alkanes of at least 4 members (excludes halogenated alkanes) is 1. The summed E-state index contributed by atoms with van der Waals surface area (Å²) in [5, 5.41) is 3.85. The van der Waals surface area contributed by atoms with E-state index in [1.807, 2.05) is 0 Å². The monoisotopic (exact) mass is 279 g/mol. The van der Waals surface area contributed by atoms with Crippen LogP contribution in [0.15, 0.2) is 16.7 Å². The fraction of sp³-hybridized carbons (Fsp3) is 0.444. The third-order valence-corrected chi connectivity index (χ3v) is 2.56. The molecule has 1 N–H and O–H groups in total. The molecule has 1 aromatic rings. The van der Waals surface area contributed by atoms with E-state index in [9.17, 15) is 4.79 Å². The summed E-state index contributed by atoms with van der Waals surface area (Å²) in [4.78, 5) is 11.4. The summed E-state index contributed by atoms with van der Waals surface area (Å²) in [7, 11) is 0. The summed E-state index contributed by atoms with van der Waals surface area (Å²) in [5.41, 5.74) is 0.394. The van der Waals surface area contributed by atoms with Gasteiger partial charge in [0.25, 0.3) is 5.91 Å². The number of furan rings is 1. The first-order chi connectivity index (χ1) is 6.75. The quantitative estimate of drug-likeness (QED) is 0.666. The Morgan fingerprint density at radius 1 is 1.57 bits per heavy atom. The van der Waals surface area contributed by atoms with E-state index in [0.717, 1.165) is 18.2 Å². The van der Waals surface area contributed by atoms with Crippen molar-refractivity contribution in [2.75, 3.05) is 11.9 Å². The lowest BCUT2D eigenvalue weighted by Crippen LogP contribution is -2.24. The highest BCUT2D eigenvalue weighted by molar-refractivity contribution is 9.09. The Bertz CT molecular complexity index is 301. The summed E-state index contributed by atoms with van der Waals surface area (Å²) < 4.78 is 4.81. The average molecular weight is 281 g/mol. The largest absolute Gasteiger partial charge is 0.452 e. The molecule has 0 bridgehead atoms. The van der Waals surface area contributed by atoms with Gasteiger partial charge in [-0.3, -0.25) is 4.79 Å². The number of hydrogen-bond donors (Lipinski definition) is 1. The zero-order chi connectivity index (χ0) is 10.4. The molecule has 1 heterocycles. The average Bonchev–Trinajstić information content (AvgIpc) is 2.59. The Kier molecular flexibility index (Phi) is 5.04. The summed E-state index contributed by atoms with van der Waals surface area (Å²) >= 11 is 8.96. The second-order valence-electron chi connectivity index (χ2n) is 2.76. The van der Waals surface area contributed by atoms with Crippen LogP contribution in [0.1, 0.15) is 23.2 Å². The fourth-order valence-electron chi connectivity index (χ4n) is 0.972. The number of hydrogen-bond acceptors (Lipinski definition) is 2. The van der Waals surface area contributed by atoms with Crippen LogP contribution in [0.25, 0.3) is 0 Å². The number of rotatable bonds is 5. The van der Waals surface area contributed by atoms with Crippen molar-refractivity contribution in [1.82, 2.24) is 5.32 Å². The summed E-state index contributed by atoms with van der Waals surface area (Å²) in [6.45, 7) is 0.659. The van der Waals surface area contributed by atoms with E-state index in [-0.39, 0.29) is 11.1 Å². The van der Waals surface area contributed by atoms with Gasteiger partial charge in [-0.1, -0.05) is 15.9 Å². The predicted molar refractivity (Wildman–Crippen MR) is 59.1 cm³/mol. The van der Waals surface area contributed by atoms with E-state index >= 15 is 0 Å². The maximum atomic E-state index is 11.4. The molecule has 14 heavy (non-hydrogen) atoms. The van der Waals surface area contributed by atoms with Crippen molar-refractivity contribution in [3.8, 4) is 0 Å². The van der Waals surface area contributed by atoms with Crippen LogP contribution in [0.3, 0.4) is 0 Å². The van der Waals surface area contributed by atoms with Crippen molar-refractivity contribution < 1.29 is 9.21 Å². The minimum absolute atomic E-state index is 0.142. The number of nitrogens with one attached hydrogen (secondary N) is 1. The highest BCUT2D eigenvalue weighted by Gasteiger charge is 2.11.